The van der Waals surface area contributed by atoms with Crippen LogP contribution in [0.4, 0.5) is 0 Å². The van der Waals surface area contributed by atoms with Crippen LogP contribution in [0.15, 0.2) is 24.3 Å². The molecule has 1 aromatic rings. The van der Waals surface area contributed by atoms with Crippen LogP contribution in [0.5, 0.6) is 5.75 Å². The van der Waals surface area contributed by atoms with Crippen molar-refractivity contribution in [3.8, 4) is 5.75 Å². The lowest BCUT2D eigenvalue weighted by Gasteiger charge is -2.22. The van der Waals surface area contributed by atoms with E-state index in [-0.39, 0.29) is 18.0 Å². The Bertz CT molecular complexity index is 401. The Morgan fingerprint density at radius 2 is 1.84 bits per heavy atom. The molecule has 0 bridgehead atoms. The first-order valence-electron chi connectivity index (χ1n) is 6.65. The number of benzene rings is 1. The SMILES string of the molecule is CC(CCc1ccc(O)cc1)NC(C)C(=O)N(C)C. The zero-order valence-corrected chi connectivity index (χ0v) is 12.2. The van der Waals surface area contributed by atoms with E-state index in [2.05, 4.69) is 12.2 Å². The summed E-state index contributed by atoms with van der Waals surface area (Å²) in [6, 6.07) is 7.36. The van der Waals surface area contributed by atoms with Crippen LogP contribution in [0.25, 0.3) is 0 Å². The Kier molecular flexibility index (Phi) is 5.83. The number of amides is 1. The van der Waals surface area contributed by atoms with Gasteiger partial charge in [0.2, 0.25) is 5.91 Å². The molecule has 19 heavy (non-hydrogen) atoms. The van der Waals surface area contributed by atoms with Gasteiger partial charge in [-0.2, -0.15) is 0 Å². The molecule has 0 aliphatic carbocycles. The highest BCUT2D eigenvalue weighted by molar-refractivity contribution is 5.80. The molecule has 0 heterocycles. The summed E-state index contributed by atoms with van der Waals surface area (Å²) >= 11 is 0. The Morgan fingerprint density at radius 3 is 2.37 bits per heavy atom. The predicted molar refractivity (Wildman–Crippen MR) is 77.2 cm³/mol. The van der Waals surface area contributed by atoms with E-state index < -0.39 is 0 Å². The van der Waals surface area contributed by atoms with Gasteiger partial charge in [-0.1, -0.05) is 12.1 Å². The Hall–Kier alpha value is -1.55. The molecule has 2 atom stereocenters. The molecule has 0 aliphatic rings. The molecule has 0 spiro atoms. The molecule has 0 aromatic heterocycles. The maximum Gasteiger partial charge on any atom is 0.238 e. The van der Waals surface area contributed by atoms with E-state index in [9.17, 15) is 9.90 Å². The van der Waals surface area contributed by atoms with E-state index in [0.717, 1.165) is 12.8 Å². The van der Waals surface area contributed by atoms with Gasteiger partial charge in [0.05, 0.1) is 6.04 Å². The van der Waals surface area contributed by atoms with Gasteiger partial charge in [-0.15, -0.1) is 0 Å². The number of likely N-dealkylation sites (N-methyl/N-ethyl adjacent to an activating group) is 1. The molecule has 0 fully saturated rings. The Labute approximate surface area is 115 Å². The number of aromatic hydroxyl groups is 1. The molecule has 1 aromatic carbocycles. The van der Waals surface area contributed by atoms with E-state index >= 15 is 0 Å². The molecular weight excluding hydrogens is 240 g/mol. The predicted octanol–water partition coefficient (Wildman–Crippen LogP) is 1.78. The molecule has 0 saturated heterocycles. The minimum atomic E-state index is -0.162. The summed E-state index contributed by atoms with van der Waals surface area (Å²) in [6.45, 7) is 3.97. The van der Waals surface area contributed by atoms with Crippen molar-refractivity contribution in [1.29, 1.82) is 0 Å². The average molecular weight is 264 g/mol. The number of hydrogen-bond acceptors (Lipinski definition) is 3. The second-order valence-corrected chi connectivity index (χ2v) is 5.23. The second-order valence-electron chi connectivity index (χ2n) is 5.23. The highest BCUT2D eigenvalue weighted by Crippen LogP contribution is 2.12. The fraction of sp³-hybridized carbons (Fsp3) is 0.533. The van der Waals surface area contributed by atoms with Crippen LogP contribution in [-0.2, 0) is 11.2 Å². The minimum Gasteiger partial charge on any atom is -0.508 e. The summed E-state index contributed by atoms with van der Waals surface area (Å²) in [5.41, 5.74) is 1.19. The fourth-order valence-electron chi connectivity index (χ4n) is 2.01. The summed E-state index contributed by atoms with van der Waals surface area (Å²) in [5, 5.41) is 12.5. The molecule has 4 nitrogen and oxygen atoms in total. The smallest absolute Gasteiger partial charge is 0.238 e. The zero-order valence-electron chi connectivity index (χ0n) is 12.2. The third-order valence-electron chi connectivity index (χ3n) is 3.15. The highest BCUT2D eigenvalue weighted by Gasteiger charge is 2.16. The van der Waals surface area contributed by atoms with Crippen molar-refractivity contribution >= 4 is 5.91 Å². The van der Waals surface area contributed by atoms with Crippen LogP contribution in [0.1, 0.15) is 25.8 Å². The topological polar surface area (TPSA) is 52.6 Å². The van der Waals surface area contributed by atoms with Crippen molar-refractivity contribution in [2.75, 3.05) is 14.1 Å². The van der Waals surface area contributed by atoms with E-state index in [1.165, 1.54) is 5.56 Å². The van der Waals surface area contributed by atoms with Gasteiger partial charge in [0, 0.05) is 20.1 Å². The van der Waals surface area contributed by atoms with Crippen LogP contribution in [0.3, 0.4) is 0 Å². The Morgan fingerprint density at radius 1 is 1.26 bits per heavy atom. The van der Waals surface area contributed by atoms with Gasteiger partial charge in [0.1, 0.15) is 5.75 Å². The molecule has 1 rings (SSSR count). The maximum absolute atomic E-state index is 11.7. The van der Waals surface area contributed by atoms with Gasteiger partial charge in [0.15, 0.2) is 0 Å². The molecule has 0 aliphatic heterocycles. The lowest BCUT2D eigenvalue weighted by atomic mass is 10.1. The van der Waals surface area contributed by atoms with Crippen LogP contribution in [0, 0.1) is 0 Å². The van der Waals surface area contributed by atoms with Gasteiger partial charge in [-0.25, -0.2) is 0 Å². The minimum absolute atomic E-state index is 0.0940. The number of carbonyl (C=O) groups excluding carboxylic acids is 1. The summed E-state index contributed by atoms with van der Waals surface area (Å²) < 4.78 is 0. The first kappa shape index (κ1) is 15.5. The molecule has 2 unspecified atom stereocenters. The van der Waals surface area contributed by atoms with Crippen LogP contribution >= 0.6 is 0 Å². The number of nitrogens with one attached hydrogen (secondary N) is 1. The molecular formula is C15H24N2O2. The van der Waals surface area contributed by atoms with E-state index in [1.807, 2.05) is 19.1 Å². The van der Waals surface area contributed by atoms with Crippen molar-refractivity contribution < 1.29 is 9.90 Å². The summed E-state index contributed by atoms with van der Waals surface area (Å²) in [7, 11) is 3.53. The molecule has 106 valence electrons. The van der Waals surface area contributed by atoms with Crippen molar-refractivity contribution in [3.63, 3.8) is 0 Å². The van der Waals surface area contributed by atoms with Gasteiger partial charge in [-0.3, -0.25) is 4.79 Å². The first-order valence-corrected chi connectivity index (χ1v) is 6.65. The lowest BCUT2D eigenvalue weighted by Crippen LogP contribution is -2.45. The van der Waals surface area contributed by atoms with Gasteiger partial charge in [0.25, 0.3) is 0 Å². The number of rotatable bonds is 6. The average Bonchev–Trinajstić information content (AvgIpc) is 2.37. The maximum atomic E-state index is 11.7. The van der Waals surface area contributed by atoms with Crippen LogP contribution in [-0.4, -0.2) is 42.1 Å². The Balaban J connectivity index is 2.37. The molecule has 4 heteroatoms. The standard InChI is InChI=1S/C15H24N2O2/c1-11(16-12(2)15(19)17(3)4)5-6-13-7-9-14(18)10-8-13/h7-12,16,18H,5-6H2,1-4H3. The van der Waals surface area contributed by atoms with Crippen molar-refractivity contribution in [2.45, 2.75) is 38.8 Å². The van der Waals surface area contributed by atoms with E-state index in [0.29, 0.717) is 5.75 Å². The van der Waals surface area contributed by atoms with Crippen molar-refractivity contribution in [2.24, 2.45) is 0 Å². The summed E-state index contributed by atoms with van der Waals surface area (Å²) in [4.78, 5) is 13.3. The normalized spacial score (nSPS) is 13.9. The first-order chi connectivity index (χ1) is 8.90. The molecule has 1 amide bonds. The number of hydrogen-bond donors (Lipinski definition) is 2. The fourth-order valence-corrected chi connectivity index (χ4v) is 2.01. The molecule has 0 radical (unpaired) electrons. The third kappa shape index (κ3) is 5.30. The highest BCUT2D eigenvalue weighted by atomic mass is 16.3. The van der Waals surface area contributed by atoms with Crippen molar-refractivity contribution in [3.05, 3.63) is 29.8 Å². The molecule has 2 N–H and O–H groups in total. The lowest BCUT2D eigenvalue weighted by molar-refractivity contribution is -0.130. The van der Waals surface area contributed by atoms with Gasteiger partial charge >= 0.3 is 0 Å². The third-order valence-corrected chi connectivity index (χ3v) is 3.15. The van der Waals surface area contributed by atoms with Crippen LogP contribution in [0.2, 0.25) is 0 Å². The number of carbonyl (C=O) groups is 1. The quantitative estimate of drug-likeness (QED) is 0.823. The van der Waals surface area contributed by atoms with E-state index in [4.69, 9.17) is 0 Å². The summed E-state index contributed by atoms with van der Waals surface area (Å²) in [5.74, 6) is 0.386. The number of phenols is 1. The monoisotopic (exact) mass is 264 g/mol. The molecule has 0 saturated carbocycles. The van der Waals surface area contributed by atoms with Gasteiger partial charge < -0.3 is 15.3 Å². The van der Waals surface area contributed by atoms with Gasteiger partial charge in [-0.05, 0) is 44.4 Å². The van der Waals surface area contributed by atoms with Crippen molar-refractivity contribution in [1.82, 2.24) is 10.2 Å². The second kappa shape index (κ2) is 7.14. The van der Waals surface area contributed by atoms with Crippen LogP contribution < -0.4 is 5.32 Å². The number of aryl methyl sites for hydroxylation is 1. The largest absolute Gasteiger partial charge is 0.508 e. The zero-order chi connectivity index (χ0) is 14.4. The number of nitrogens with zero attached hydrogens (tertiary/aromatic N) is 1. The number of phenolic OH excluding ortho intramolecular Hbond substituents is 1. The summed E-state index contributed by atoms with van der Waals surface area (Å²) in [6.07, 6.45) is 1.88. The van der Waals surface area contributed by atoms with E-state index in [1.54, 1.807) is 31.1 Å².